The third kappa shape index (κ3) is 2.26. The fourth-order valence-corrected chi connectivity index (χ4v) is 3.27. The molecule has 3 rings (SSSR count). The Morgan fingerprint density at radius 1 is 1.37 bits per heavy atom. The number of rotatable bonds is 3. The van der Waals surface area contributed by atoms with Crippen LogP contribution in [-0.4, -0.2) is 37.7 Å². The first-order valence-electron chi connectivity index (χ1n) is 6.88. The Kier molecular flexibility index (Phi) is 3.31. The number of nitrogens with one attached hydrogen (secondary N) is 1. The van der Waals surface area contributed by atoms with Gasteiger partial charge in [0.1, 0.15) is 11.8 Å². The minimum Gasteiger partial charge on any atom is -0.495 e. The van der Waals surface area contributed by atoms with Crippen molar-refractivity contribution in [3.63, 3.8) is 0 Å². The molecule has 2 heterocycles. The monoisotopic (exact) mass is 257 g/mol. The van der Waals surface area contributed by atoms with Gasteiger partial charge in [0.25, 0.3) is 0 Å². The summed E-state index contributed by atoms with van der Waals surface area (Å²) in [5.41, 5.74) is 1.53. The molecule has 0 aliphatic carbocycles. The van der Waals surface area contributed by atoms with Gasteiger partial charge >= 0.3 is 0 Å². The van der Waals surface area contributed by atoms with Crippen molar-refractivity contribution in [2.24, 2.45) is 5.92 Å². The van der Waals surface area contributed by atoms with Gasteiger partial charge in [0.2, 0.25) is 0 Å². The highest BCUT2D eigenvalue weighted by atomic mass is 16.5. The zero-order chi connectivity index (χ0) is 13.2. The number of benzene rings is 1. The van der Waals surface area contributed by atoms with Crippen molar-refractivity contribution in [2.45, 2.75) is 18.9 Å². The maximum atomic E-state index is 9.25. The molecule has 2 bridgehead atoms. The van der Waals surface area contributed by atoms with E-state index in [0.29, 0.717) is 17.5 Å². The average Bonchev–Trinajstić information content (AvgIpc) is 2.84. The number of hydrogen-bond donors (Lipinski definition) is 1. The quantitative estimate of drug-likeness (QED) is 0.900. The summed E-state index contributed by atoms with van der Waals surface area (Å²) in [6, 6.07) is 8.32. The second-order valence-corrected chi connectivity index (χ2v) is 5.38. The molecule has 3 atom stereocenters. The standard InChI is InChI=1S/C15H19N3O/c1-19-14-4-2-3-11(9-16)15(14)17-13-6-8-18-7-5-12(13)10-18/h2-4,12-13,17H,5-8,10H2,1H3. The maximum absolute atomic E-state index is 9.25. The molecule has 0 saturated carbocycles. The fraction of sp³-hybridized carbons (Fsp3) is 0.533. The molecular formula is C15H19N3O. The fourth-order valence-electron chi connectivity index (χ4n) is 3.27. The van der Waals surface area contributed by atoms with E-state index in [1.807, 2.05) is 18.2 Å². The summed E-state index contributed by atoms with van der Waals surface area (Å²) >= 11 is 0. The van der Waals surface area contributed by atoms with E-state index in [9.17, 15) is 5.26 Å². The second kappa shape index (κ2) is 5.10. The van der Waals surface area contributed by atoms with E-state index < -0.39 is 0 Å². The SMILES string of the molecule is COc1cccc(C#N)c1NC1CCN2CCC1C2. The normalized spacial score (nSPS) is 28.7. The van der Waals surface area contributed by atoms with Gasteiger partial charge in [-0.3, -0.25) is 0 Å². The van der Waals surface area contributed by atoms with Crippen LogP contribution in [0.4, 0.5) is 5.69 Å². The topological polar surface area (TPSA) is 48.3 Å². The molecule has 2 aliphatic rings. The van der Waals surface area contributed by atoms with Gasteiger partial charge in [-0.15, -0.1) is 0 Å². The minimum absolute atomic E-state index is 0.460. The molecule has 0 radical (unpaired) electrons. The van der Waals surface area contributed by atoms with Crippen LogP contribution in [0.15, 0.2) is 18.2 Å². The zero-order valence-electron chi connectivity index (χ0n) is 11.2. The third-order valence-corrected chi connectivity index (χ3v) is 4.33. The first-order chi connectivity index (χ1) is 9.31. The summed E-state index contributed by atoms with van der Waals surface area (Å²) in [7, 11) is 1.65. The molecule has 0 spiro atoms. The molecule has 1 aromatic carbocycles. The van der Waals surface area contributed by atoms with Gasteiger partial charge in [0.15, 0.2) is 0 Å². The van der Waals surface area contributed by atoms with Crippen LogP contribution in [0.25, 0.3) is 0 Å². The van der Waals surface area contributed by atoms with Crippen molar-refractivity contribution < 1.29 is 4.74 Å². The van der Waals surface area contributed by atoms with Crippen LogP contribution in [0.5, 0.6) is 5.75 Å². The number of nitrogens with zero attached hydrogens (tertiary/aromatic N) is 2. The van der Waals surface area contributed by atoms with Gasteiger partial charge in [0.05, 0.1) is 18.4 Å². The Morgan fingerprint density at radius 3 is 3.00 bits per heavy atom. The lowest BCUT2D eigenvalue weighted by molar-refractivity contribution is 0.254. The van der Waals surface area contributed by atoms with Crippen molar-refractivity contribution in [1.29, 1.82) is 5.26 Å². The lowest BCUT2D eigenvalue weighted by Gasteiger charge is -2.32. The number of anilines is 1. The Balaban J connectivity index is 1.84. The first kappa shape index (κ1) is 12.3. The summed E-state index contributed by atoms with van der Waals surface area (Å²) in [6.07, 6.45) is 2.41. The number of ether oxygens (including phenoxy) is 1. The Labute approximate surface area is 114 Å². The van der Waals surface area contributed by atoms with Gasteiger partial charge in [-0.05, 0) is 37.4 Å². The van der Waals surface area contributed by atoms with Crippen LogP contribution in [0.3, 0.4) is 0 Å². The summed E-state index contributed by atoms with van der Waals surface area (Å²) in [5.74, 6) is 1.46. The van der Waals surface area contributed by atoms with E-state index in [2.05, 4.69) is 16.3 Å². The number of hydrogen-bond acceptors (Lipinski definition) is 4. The number of nitriles is 1. The third-order valence-electron chi connectivity index (χ3n) is 4.33. The molecule has 100 valence electrons. The highest BCUT2D eigenvalue weighted by Gasteiger charge is 2.34. The molecule has 1 aromatic rings. The van der Waals surface area contributed by atoms with E-state index >= 15 is 0 Å². The minimum atomic E-state index is 0.460. The van der Waals surface area contributed by atoms with Crippen molar-refractivity contribution in [1.82, 2.24) is 4.90 Å². The van der Waals surface area contributed by atoms with Crippen LogP contribution >= 0.6 is 0 Å². The summed E-state index contributed by atoms with van der Waals surface area (Å²) < 4.78 is 5.38. The molecule has 2 aliphatic heterocycles. The van der Waals surface area contributed by atoms with Gasteiger partial charge < -0.3 is 15.0 Å². The molecular weight excluding hydrogens is 238 g/mol. The summed E-state index contributed by atoms with van der Waals surface area (Å²) in [4.78, 5) is 2.52. The number of fused-ring (bicyclic) bond motifs is 2. The van der Waals surface area contributed by atoms with Crippen molar-refractivity contribution in [3.05, 3.63) is 23.8 Å². The van der Waals surface area contributed by atoms with Crippen LogP contribution in [-0.2, 0) is 0 Å². The molecule has 2 saturated heterocycles. The molecule has 2 fully saturated rings. The molecule has 0 aromatic heterocycles. The smallest absolute Gasteiger partial charge is 0.143 e. The van der Waals surface area contributed by atoms with Gasteiger partial charge in [-0.25, -0.2) is 0 Å². The maximum Gasteiger partial charge on any atom is 0.143 e. The van der Waals surface area contributed by atoms with Crippen LogP contribution in [0.1, 0.15) is 18.4 Å². The van der Waals surface area contributed by atoms with Crippen LogP contribution in [0.2, 0.25) is 0 Å². The Hall–Kier alpha value is -1.73. The highest BCUT2D eigenvalue weighted by Crippen LogP contribution is 2.34. The van der Waals surface area contributed by atoms with E-state index in [1.165, 1.54) is 19.5 Å². The molecule has 1 N–H and O–H groups in total. The number of methoxy groups -OCH3 is 1. The average molecular weight is 257 g/mol. The summed E-state index contributed by atoms with van der Waals surface area (Å²) in [5, 5.41) is 12.8. The predicted molar refractivity (Wildman–Crippen MR) is 74.3 cm³/mol. The molecule has 3 unspecified atom stereocenters. The largest absolute Gasteiger partial charge is 0.495 e. The van der Waals surface area contributed by atoms with Gasteiger partial charge in [0, 0.05) is 19.1 Å². The molecule has 4 heteroatoms. The molecule has 4 nitrogen and oxygen atoms in total. The van der Waals surface area contributed by atoms with Gasteiger partial charge in [-0.2, -0.15) is 5.26 Å². The lowest BCUT2D eigenvalue weighted by atomic mass is 9.93. The Morgan fingerprint density at radius 2 is 2.21 bits per heavy atom. The second-order valence-electron chi connectivity index (χ2n) is 5.38. The van der Waals surface area contributed by atoms with Crippen molar-refractivity contribution in [2.75, 3.05) is 32.1 Å². The molecule has 0 amide bonds. The highest BCUT2D eigenvalue weighted by molar-refractivity contribution is 5.66. The first-order valence-corrected chi connectivity index (χ1v) is 6.88. The summed E-state index contributed by atoms with van der Waals surface area (Å²) in [6.45, 7) is 3.57. The lowest BCUT2D eigenvalue weighted by Crippen LogP contribution is -2.39. The van der Waals surface area contributed by atoms with Crippen molar-refractivity contribution >= 4 is 5.69 Å². The van der Waals surface area contributed by atoms with Crippen LogP contribution in [0, 0.1) is 17.2 Å². The predicted octanol–water partition coefficient (Wildman–Crippen LogP) is 2.07. The van der Waals surface area contributed by atoms with E-state index in [0.717, 1.165) is 24.4 Å². The van der Waals surface area contributed by atoms with Crippen LogP contribution < -0.4 is 10.1 Å². The number of piperidine rings is 1. The Bertz CT molecular complexity index is 509. The van der Waals surface area contributed by atoms with E-state index in [-0.39, 0.29) is 0 Å². The van der Waals surface area contributed by atoms with E-state index in [1.54, 1.807) is 7.11 Å². The van der Waals surface area contributed by atoms with E-state index in [4.69, 9.17) is 4.74 Å². The van der Waals surface area contributed by atoms with Crippen molar-refractivity contribution in [3.8, 4) is 11.8 Å². The number of para-hydroxylation sites is 1. The molecule has 19 heavy (non-hydrogen) atoms. The van der Waals surface area contributed by atoms with Gasteiger partial charge in [-0.1, -0.05) is 6.07 Å². The zero-order valence-corrected chi connectivity index (χ0v) is 11.2.